The lowest BCUT2D eigenvalue weighted by Gasteiger charge is -2.13. The Labute approximate surface area is 196 Å². The molecule has 0 saturated carbocycles. The van der Waals surface area contributed by atoms with Gasteiger partial charge in [0.25, 0.3) is 0 Å². The quantitative estimate of drug-likeness (QED) is 0.288. The molecular weight excluding hydrogens is 457 g/mol. The number of nitriles is 1. The van der Waals surface area contributed by atoms with E-state index in [2.05, 4.69) is 5.16 Å². The van der Waals surface area contributed by atoms with Gasteiger partial charge in [-0.3, -0.25) is 0 Å². The summed E-state index contributed by atoms with van der Waals surface area (Å²) in [4.78, 5) is 0. The normalized spacial score (nSPS) is 20.2. The minimum Gasteiger partial charge on any atom is -0.486 e. The molecule has 2 heterocycles. The van der Waals surface area contributed by atoms with Gasteiger partial charge in [-0.25, -0.2) is 0 Å². The molecule has 3 N–H and O–H groups in total. The van der Waals surface area contributed by atoms with Crippen LogP contribution in [0.2, 0.25) is 10.0 Å². The summed E-state index contributed by atoms with van der Waals surface area (Å²) in [5.74, 6) is 1.21. The van der Waals surface area contributed by atoms with Gasteiger partial charge in [0.15, 0.2) is 5.84 Å². The first-order valence-electron chi connectivity index (χ1n) is 9.96. The summed E-state index contributed by atoms with van der Waals surface area (Å²) in [6, 6.07) is 12.0. The van der Waals surface area contributed by atoms with Gasteiger partial charge in [0.05, 0.1) is 48.1 Å². The van der Waals surface area contributed by atoms with Crippen molar-refractivity contribution in [1.29, 1.82) is 5.26 Å². The Balaban J connectivity index is 0.000000182. The van der Waals surface area contributed by atoms with Crippen molar-refractivity contribution in [2.75, 3.05) is 26.4 Å². The zero-order valence-electron chi connectivity index (χ0n) is 17.2. The van der Waals surface area contributed by atoms with Crippen molar-refractivity contribution in [3.8, 4) is 17.6 Å². The van der Waals surface area contributed by atoms with Gasteiger partial charge >= 0.3 is 0 Å². The van der Waals surface area contributed by atoms with E-state index >= 15 is 0 Å². The van der Waals surface area contributed by atoms with Gasteiger partial charge in [-0.1, -0.05) is 28.4 Å². The van der Waals surface area contributed by atoms with Crippen molar-refractivity contribution < 1.29 is 24.2 Å². The van der Waals surface area contributed by atoms with Crippen LogP contribution in [-0.2, 0) is 9.47 Å². The van der Waals surface area contributed by atoms with Crippen LogP contribution in [0.4, 0.5) is 0 Å². The van der Waals surface area contributed by atoms with Crippen LogP contribution < -0.4 is 15.2 Å². The summed E-state index contributed by atoms with van der Waals surface area (Å²) in [6.07, 6.45) is 1.87. The van der Waals surface area contributed by atoms with E-state index in [1.165, 1.54) is 0 Å². The molecule has 8 nitrogen and oxygen atoms in total. The smallest absolute Gasteiger partial charge is 0.170 e. The van der Waals surface area contributed by atoms with Crippen LogP contribution in [0.1, 0.15) is 24.0 Å². The predicted molar refractivity (Wildman–Crippen MR) is 120 cm³/mol. The zero-order chi connectivity index (χ0) is 22.9. The molecule has 0 aromatic heterocycles. The lowest BCUT2D eigenvalue weighted by Crippen LogP contribution is -2.16. The van der Waals surface area contributed by atoms with Crippen molar-refractivity contribution in [3.63, 3.8) is 0 Å². The molecule has 2 aliphatic heterocycles. The number of hydrogen-bond acceptors (Lipinski definition) is 7. The average Bonchev–Trinajstić information content (AvgIpc) is 3.51. The first-order chi connectivity index (χ1) is 15.5. The Morgan fingerprint density at radius 2 is 1.56 bits per heavy atom. The molecule has 0 amide bonds. The van der Waals surface area contributed by atoms with Crippen LogP contribution in [0.5, 0.6) is 11.5 Å². The van der Waals surface area contributed by atoms with Crippen LogP contribution >= 0.6 is 23.2 Å². The summed E-state index contributed by atoms with van der Waals surface area (Å²) in [6.45, 7) is 2.64. The van der Waals surface area contributed by atoms with Crippen LogP contribution in [0.15, 0.2) is 41.6 Å². The molecule has 0 spiro atoms. The first kappa shape index (κ1) is 24.0. The molecule has 32 heavy (non-hydrogen) atoms. The molecule has 170 valence electrons. The zero-order valence-corrected chi connectivity index (χ0v) is 18.7. The number of nitrogens with zero attached hydrogens (tertiary/aromatic N) is 2. The van der Waals surface area contributed by atoms with Gasteiger partial charge in [0, 0.05) is 18.4 Å². The van der Waals surface area contributed by atoms with E-state index in [0.717, 1.165) is 19.4 Å². The molecular formula is C22H23Cl2N3O5. The first-order valence-corrected chi connectivity index (χ1v) is 10.7. The third-order valence-corrected chi connectivity index (χ3v) is 5.35. The lowest BCUT2D eigenvalue weighted by atomic mass is 10.2. The van der Waals surface area contributed by atoms with Crippen molar-refractivity contribution >= 4 is 29.0 Å². The molecule has 0 radical (unpaired) electrons. The maximum absolute atomic E-state index is 8.67. The molecule has 4 rings (SSSR count). The van der Waals surface area contributed by atoms with Gasteiger partial charge in [0.1, 0.15) is 23.7 Å². The predicted octanol–water partition coefficient (Wildman–Crippen LogP) is 3.98. The molecule has 2 saturated heterocycles. The van der Waals surface area contributed by atoms with Gasteiger partial charge in [-0.2, -0.15) is 5.26 Å². The topological polar surface area (TPSA) is 119 Å². The summed E-state index contributed by atoms with van der Waals surface area (Å²) in [5, 5.41) is 21.0. The Morgan fingerprint density at radius 1 is 1.00 bits per heavy atom. The highest BCUT2D eigenvalue weighted by molar-refractivity contribution is 6.32. The van der Waals surface area contributed by atoms with E-state index in [1.807, 2.05) is 6.07 Å². The molecule has 2 aliphatic rings. The number of amidine groups is 1. The average molecular weight is 480 g/mol. The maximum Gasteiger partial charge on any atom is 0.170 e. The fourth-order valence-corrected chi connectivity index (χ4v) is 3.50. The summed E-state index contributed by atoms with van der Waals surface area (Å²) >= 11 is 12.0. The summed E-state index contributed by atoms with van der Waals surface area (Å²) in [5.41, 5.74) is 6.54. The third kappa shape index (κ3) is 6.65. The molecule has 2 fully saturated rings. The second-order valence-electron chi connectivity index (χ2n) is 7.09. The fraction of sp³-hybridized carbons (Fsp3) is 0.364. The number of halogens is 2. The largest absolute Gasteiger partial charge is 0.486 e. The molecule has 0 bridgehead atoms. The van der Waals surface area contributed by atoms with Crippen LogP contribution in [0, 0.1) is 11.3 Å². The van der Waals surface area contributed by atoms with Gasteiger partial charge < -0.3 is 29.9 Å². The number of benzene rings is 2. The maximum atomic E-state index is 8.67. The number of oxime groups is 1. The van der Waals surface area contributed by atoms with Crippen molar-refractivity contribution in [2.45, 2.75) is 25.0 Å². The highest BCUT2D eigenvalue weighted by atomic mass is 35.5. The van der Waals surface area contributed by atoms with Crippen molar-refractivity contribution in [1.82, 2.24) is 0 Å². The van der Waals surface area contributed by atoms with E-state index < -0.39 is 0 Å². The summed E-state index contributed by atoms with van der Waals surface area (Å²) in [7, 11) is 0. The minimum absolute atomic E-state index is 0.0163. The molecule has 2 atom stereocenters. The van der Waals surface area contributed by atoms with Gasteiger partial charge in [-0.15, -0.1) is 0 Å². The molecule has 2 aromatic carbocycles. The summed E-state index contributed by atoms with van der Waals surface area (Å²) < 4.78 is 21.7. The Hall–Kier alpha value is -2.70. The molecule has 0 aliphatic carbocycles. The highest BCUT2D eigenvalue weighted by Crippen LogP contribution is 2.28. The Bertz CT molecular complexity index is 984. The van der Waals surface area contributed by atoms with Crippen LogP contribution in [-0.4, -0.2) is 49.7 Å². The monoisotopic (exact) mass is 479 g/mol. The second kappa shape index (κ2) is 11.8. The van der Waals surface area contributed by atoms with E-state index in [9.17, 15) is 0 Å². The minimum atomic E-state index is 0.0163. The molecule has 10 heteroatoms. The van der Waals surface area contributed by atoms with E-state index in [0.29, 0.717) is 52.5 Å². The van der Waals surface area contributed by atoms with Gasteiger partial charge in [-0.05, 0) is 36.4 Å². The van der Waals surface area contributed by atoms with Crippen molar-refractivity contribution in [3.05, 3.63) is 57.6 Å². The van der Waals surface area contributed by atoms with E-state index in [1.54, 1.807) is 36.4 Å². The highest BCUT2D eigenvalue weighted by Gasteiger charge is 2.19. The Morgan fingerprint density at radius 3 is 2.00 bits per heavy atom. The number of ether oxygens (including phenoxy) is 4. The lowest BCUT2D eigenvalue weighted by molar-refractivity contribution is 0.141. The fourth-order valence-electron chi connectivity index (χ4n) is 3.05. The number of rotatable bonds is 5. The SMILES string of the molecule is N#Cc1ccc(O[C@H]2CCOC2)c(Cl)c1.N/C(=N\O)c1ccc(O[C@H]2CCOC2)c(Cl)c1. The van der Waals surface area contributed by atoms with E-state index in [-0.39, 0.29) is 18.0 Å². The van der Waals surface area contributed by atoms with E-state index in [4.69, 9.17) is 58.4 Å². The Kier molecular flexibility index (Phi) is 8.82. The van der Waals surface area contributed by atoms with Gasteiger partial charge in [0.2, 0.25) is 0 Å². The van der Waals surface area contributed by atoms with Crippen molar-refractivity contribution in [2.24, 2.45) is 10.9 Å². The third-order valence-electron chi connectivity index (χ3n) is 4.76. The molecule has 2 aromatic rings. The van der Waals surface area contributed by atoms with Crippen LogP contribution in [0.25, 0.3) is 0 Å². The number of hydrogen-bond donors (Lipinski definition) is 2. The number of nitrogens with two attached hydrogens (primary N) is 1. The standard InChI is InChI=1S/C11H13ClN2O3.C11H10ClNO2/c12-9-5-7(11(13)14-15)1-2-10(9)17-8-3-4-16-6-8;12-10-5-8(6-13)1-2-11(10)15-9-3-4-14-7-9/h1-2,5,8,15H,3-4,6H2,(H2,13,14);1-2,5,9H,3-4,7H2/t8-;9-/m00/s1. The second-order valence-corrected chi connectivity index (χ2v) is 7.91. The molecule has 0 unspecified atom stereocenters. The van der Waals surface area contributed by atoms with Crippen LogP contribution in [0.3, 0.4) is 0 Å².